The Balaban J connectivity index is 2.43. The molecule has 1 aliphatic heterocycles. The second-order valence-electron chi connectivity index (χ2n) is 4.29. The van der Waals surface area contributed by atoms with Crippen molar-refractivity contribution in [3.05, 3.63) is 26.6 Å². The Labute approximate surface area is 112 Å². The largest absolute Gasteiger partial charge is 0.310 e. The van der Waals surface area contributed by atoms with Gasteiger partial charge in [0.2, 0.25) is 5.91 Å². The molecule has 0 radical (unpaired) electrons. The summed E-state index contributed by atoms with van der Waals surface area (Å²) in [6, 6.07) is 4.08. The van der Waals surface area contributed by atoms with E-state index in [1.807, 2.05) is 24.8 Å². The molecule has 1 heterocycles. The molecular weight excluding hydrogens is 334 g/mol. The summed E-state index contributed by atoms with van der Waals surface area (Å²) in [7, 11) is 0. The highest BCUT2D eigenvalue weighted by Gasteiger charge is 2.28. The van der Waals surface area contributed by atoms with Crippen molar-refractivity contribution >= 4 is 43.5 Å². The smallest absolute Gasteiger partial charge is 0.229 e. The number of hydrogen-bond acceptors (Lipinski definition) is 1. The molecule has 0 fully saturated rings. The standard InChI is InChI=1S/C12H13Br2NO/c1-7(2)12(16)15-4-3-8-5-9(13)6-10(14)11(8)15/h5-7H,3-4H2,1-2H3. The molecule has 1 aromatic rings. The average Bonchev–Trinajstić information content (AvgIpc) is 2.59. The van der Waals surface area contributed by atoms with E-state index in [1.54, 1.807) is 0 Å². The summed E-state index contributed by atoms with van der Waals surface area (Å²) in [4.78, 5) is 13.9. The summed E-state index contributed by atoms with van der Waals surface area (Å²) >= 11 is 7.00. The van der Waals surface area contributed by atoms with Gasteiger partial charge in [-0.15, -0.1) is 0 Å². The van der Waals surface area contributed by atoms with Crippen LogP contribution in [0.5, 0.6) is 0 Å². The highest BCUT2D eigenvalue weighted by molar-refractivity contribution is 9.11. The number of rotatable bonds is 1. The van der Waals surface area contributed by atoms with Crippen LogP contribution in [-0.2, 0) is 11.2 Å². The van der Waals surface area contributed by atoms with Gasteiger partial charge in [0.25, 0.3) is 0 Å². The zero-order valence-corrected chi connectivity index (χ0v) is 12.4. The summed E-state index contributed by atoms with van der Waals surface area (Å²) in [6.45, 7) is 4.67. The topological polar surface area (TPSA) is 20.3 Å². The third-order valence-corrected chi connectivity index (χ3v) is 3.80. The van der Waals surface area contributed by atoms with Crippen LogP contribution in [0, 0.1) is 5.92 Å². The quantitative estimate of drug-likeness (QED) is 0.758. The zero-order chi connectivity index (χ0) is 11.9. The molecule has 0 saturated heterocycles. The molecule has 0 aromatic heterocycles. The molecule has 0 unspecified atom stereocenters. The first-order chi connectivity index (χ1) is 7.50. The summed E-state index contributed by atoms with van der Waals surface area (Å²) < 4.78 is 2.04. The Kier molecular flexibility index (Phi) is 3.40. The van der Waals surface area contributed by atoms with Crippen molar-refractivity contribution in [3.8, 4) is 0 Å². The molecule has 1 aliphatic rings. The normalized spacial score (nSPS) is 14.4. The number of benzene rings is 1. The van der Waals surface area contributed by atoms with Crippen molar-refractivity contribution in [2.45, 2.75) is 20.3 Å². The van der Waals surface area contributed by atoms with Gasteiger partial charge in [-0.2, -0.15) is 0 Å². The molecule has 0 N–H and O–H groups in total. The average molecular weight is 347 g/mol. The monoisotopic (exact) mass is 345 g/mol. The van der Waals surface area contributed by atoms with E-state index < -0.39 is 0 Å². The van der Waals surface area contributed by atoms with Crippen molar-refractivity contribution < 1.29 is 4.79 Å². The summed E-state index contributed by atoms with van der Waals surface area (Å²) in [5.74, 6) is 0.239. The van der Waals surface area contributed by atoms with Crippen LogP contribution in [0.1, 0.15) is 19.4 Å². The number of carbonyl (C=O) groups excluding carboxylic acids is 1. The van der Waals surface area contributed by atoms with Crippen molar-refractivity contribution in [2.24, 2.45) is 5.92 Å². The van der Waals surface area contributed by atoms with E-state index in [-0.39, 0.29) is 11.8 Å². The Bertz CT molecular complexity index is 443. The summed E-state index contributed by atoms with van der Waals surface area (Å²) in [5.41, 5.74) is 2.28. The number of amides is 1. The molecule has 2 rings (SSSR count). The summed E-state index contributed by atoms with van der Waals surface area (Å²) in [6.07, 6.45) is 0.936. The van der Waals surface area contributed by atoms with E-state index in [0.717, 1.165) is 27.6 Å². The lowest BCUT2D eigenvalue weighted by molar-refractivity contribution is -0.121. The molecule has 0 aliphatic carbocycles. The number of nitrogens with zero attached hydrogens (tertiary/aromatic N) is 1. The van der Waals surface area contributed by atoms with E-state index >= 15 is 0 Å². The van der Waals surface area contributed by atoms with Gasteiger partial charge in [0.05, 0.1) is 5.69 Å². The van der Waals surface area contributed by atoms with Crippen molar-refractivity contribution in [3.63, 3.8) is 0 Å². The van der Waals surface area contributed by atoms with E-state index in [4.69, 9.17) is 0 Å². The lowest BCUT2D eigenvalue weighted by Crippen LogP contribution is -2.32. The third kappa shape index (κ3) is 2.05. The van der Waals surface area contributed by atoms with Crippen LogP contribution in [0.15, 0.2) is 21.1 Å². The van der Waals surface area contributed by atoms with Gasteiger partial charge in [0.15, 0.2) is 0 Å². The van der Waals surface area contributed by atoms with Gasteiger partial charge in [-0.3, -0.25) is 4.79 Å². The first-order valence-electron chi connectivity index (χ1n) is 5.30. The van der Waals surface area contributed by atoms with Gasteiger partial charge in [0.1, 0.15) is 0 Å². The number of anilines is 1. The zero-order valence-electron chi connectivity index (χ0n) is 9.26. The molecule has 0 spiro atoms. The van der Waals surface area contributed by atoms with Gasteiger partial charge >= 0.3 is 0 Å². The Hall–Kier alpha value is -0.350. The number of hydrogen-bond donors (Lipinski definition) is 0. The minimum Gasteiger partial charge on any atom is -0.310 e. The number of fused-ring (bicyclic) bond motifs is 1. The predicted molar refractivity (Wildman–Crippen MR) is 72.7 cm³/mol. The van der Waals surface area contributed by atoms with Gasteiger partial charge < -0.3 is 4.90 Å². The molecule has 0 saturated carbocycles. The van der Waals surface area contributed by atoms with Crippen LogP contribution in [-0.4, -0.2) is 12.5 Å². The Morgan fingerprint density at radius 1 is 1.38 bits per heavy atom. The van der Waals surface area contributed by atoms with Gasteiger partial charge in [-0.05, 0) is 40.0 Å². The van der Waals surface area contributed by atoms with Gasteiger partial charge in [-0.25, -0.2) is 0 Å². The van der Waals surface area contributed by atoms with Crippen LogP contribution in [0.25, 0.3) is 0 Å². The second kappa shape index (κ2) is 4.49. The first-order valence-corrected chi connectivity index (χ1v) is 6.88. The maximum absolute atomic E-state index is 12.0. The van der Waals surface area contributed by atoms with Gasteiger partial charge in [0, 0.05) is 21.4 Å². The van der Waals surface area contributed by atoms with Crippen LogP contribution in [0.4, 0.5) is 5.69 Å². The predicted octanol–water partition coefficient (Wildman–Crippen LogP) is 3.76. The lowest BCUT2D eigenvalue weighted by atomic mass is 10.1. The molecule has 16 heavy (non-hydrogen) atoms. The molecule has 1 aromatic carbocycles. The van der Waals surface area contributed by atoms with Crippen LogP contribution < -0.4 is 4.90 Å². The van der Waals surface area contributed by atoms with Crippen LogP contribution in [0.3, 0.4) is 0 Å². The molecular formula is C12H13Br2NO. The van der Waals surface area contributed by atoms with E-state index in [9.17, 15) is 4.79 Å². The molecule has 2 nitrogen and oxygen atoms in total. The van der Waals surface area contributed by atoms with E-state index in [2.05, 4.69) is 37.9 Å². The van der Waals surface area contributed by atoms with Crippen molar-refractivity contribution in [2.75, 3.05) is 11.4 Å². The molecule has 4 heteroatoms. The minimum absolute atomic E-state index is 0.0431. The molecule has 86 valence electrons. The van der Waals surface area contributed by atoms with Crippen molar-refractivity contribution in [1.82, 2.24) is 0 Å². The maximum atomic E-state index is 12.0. The van der Waals surface area contributed by atoms with Crippen molar-refractivity contribution in [1.29, 1.82) is 0 Å². The van der Waals surface area contributed by atoms with E-state index in [0.29, 0.717) is 0 Å². The SMILES string of the molecule is CC(C)C(=O)N1CCc2cc(Br)cc(Br)c21. The van der Waals surface area contributed by atoms with Crippen LogP contribution in [0.2, 0.25) is 0 Å². The minimum atomic E-state index is 0.0431. The molecule has 0 bridgehead atoms. The third-order valence-electron chi connectivity index (χ3n) is 2.74. The lowest BCUT2D eigenvalue weighted by Gasteiger charge is -2.20. The molecule has 0 atom stereocenters. The highest BCUT2D eigenvalue weighted by atomic mass is 79.9. The number of carbonyl (C=O) groups is 1. The fourth-order valence-electron chi connectivity index (χ4n) is 1.99. The first kappa shape index (κ1) is 12.1. The maximum Gasteiger partial charge on any atom is 0.229 e. The molecule has 1 amide bonds. The Morgan fingerprint density at radius 2 is 2.06 bits per heavy atom. The fraction of sp³-hybridized carbons (Fsp3) is 0.417. The fourth-order valence-corrected chi connectivity index (χ4v) is 3.52. The second-order valence-corrected chi connectivity index (χ2v) is 6.06. The Morgan fingerprint density at radius 3 is 2.69 bits per heavy atom. The number of halogens is 2. The van der Waals surface area contributed by atoms with E-state index in [1.165, 1.54) is 5.56 Å². The summed E-state index contributed by atoms with van der Waals surface area (Å²) in [5, 5.41) is 0. The van der Waals surface area contributed by atoms with Crippen LogP contribution >= 0.6 is 31.9 Å². The highest BCUT2D eigenvalue weighted by Crippen LogP contribution is 2.38. The van der Waals surface area contributed by atoms with Gasteiger partial charge in [-0.1, -0.05) is 29.8 Å².